The summed E-state index contributed by atoms with van der Waals surface area (Å²) in [7, 11) is 0. The summed E-state index contributed by atoms with van der Waals surface area (Å²) in [5.74, 6) is 2.11. The van der Waals surface area contributed by atoms with Gasteiger partial charge < -0.3 is 11.1 Å². The molecular weight excluding hydrogens is 262 g/mol. The number of nitrogens with two attached hydrogens (primary N) is 1. The summed E-state index contributed by atoms with van der Waals surface area (Å²) in [5, 5.41) is 8.06. The SMILES string of the molecule is Cc1cnn(CC(C)C)c1Nc1cc(N)c(Cl)cn1. The fourth-order valence-electron chi connectivity index (χ4n) is 1.77. The van der Waals surface area contributed by atoms with Crippen LogP contribution in [0.3, 0.4) is 0 Å². The van der Waals surface area contributed by atoms with Gasteiger partial charge in [-0.3, -0.25) is 0 Å². The summed E-state index contributed by atoms with van der Waals surface area (Å²) < 4.78 is 1.94. The van der Waals surface area contributed by atoms with Crippen LogP contribution in [0.25, 0.3) is 0 Å². The Morgan fingerprint density at radius 3 is 2.79 bits per heavy atom. The van der Waals surface area contributed by atoms with Crippen LogP contribution in [0.2, 0.25) is 5.02 Å². The molecule has 0 aliphatic rings. The van der Waals surface area contributed by atoms with Gasteiger partial charge in [-0.1, -0.05) is 25.4 Å². The largest absolute Gasteiger partial charge is 0.397 e. The fourth-order valence-corrected chi connectivity index (χ4v) is 1.87. The molecule has 2 heterocycles. The number of hydrogen-bond donors (Lipinski definition) is 2. The zero-order valence-electron chi connectivity index (χ0n) is 11.3. The molecular formula is C13H18ClN5. The quantitative estimate of drug-likeness (QED) is 0.902. The molecule has 0 radical (unpaired) electrons. The molecule has 2 rings (SSSR count). The zero-order chi connectivity index (χ0) is 14.0. The lowest BCUT2D eigenvalue weighted by Crippen LogP contribution is -2.10. The average Bonchev–Trinajstić information content (AvgIpc) is 2.66. The van der Waals surface area contributed by atoms with Crippen molar-refractivity contribution in [3.63, 3.8) is 0 Å². The molecule has 0 saturated heterocycles. The molecule has 0 amide bonds. The maximum Gasteiger partial charge on any atom is 0.133 e. The van der Waals surface area contributed by atoms with E-state index in [0.29, 0.717) is 22.4 Å². The van der Waals surface area contributed by atoms with Crippen molar-refractivity contribution in [3.8, 4) is 0 Å². The molecule has 0 bridgehead atoms. The van der Waals surface area contributed by atoms with Gasteiger partial charge in [0.05, 0.1) is 16.9 Å². The average molecular weight is 280 g/mol. The highest BCUT2D eigenvalue weighted by Crippen LogP contribution is 2.24. The Morgan fingerprint density at radius 1 is 1.42 bits per heavy atom. The summed E-state index contributed by atoms with van der Waals surface area (Å²) >= 11 is 5.86. The Balaban J connectivity index is 2.27. The summed E-state index contributed by atoms with van der Waals surface area (Å²) in [6, 6.07) is 1.72. The highest BCUT2D eigenvalue weighted by atomic mass is 35.5. The highest BCUT2D eigenvalue weighted by molar-refractivity contribution is 6.32. The van der Waals surface area contributed by atoms with E-state index in [9.17, 15) is 0 Å². The van der Waals surface area contributed by atoms with Crippen LogP contribution in [0.15, 0.2) is 18.5 Å². The summed E-state index contributed by atoms with van der Waals surface area (Å²) in [6.45, 7) is 7.16. The number of pyridine rings is 1. The maximum absolute atomic E-state index is 5.86. The van der Waals surface area contributed by atoms with Crippen LogP contribution < -0.4 is 11.1 Å². The van der Waals surface area contributed by atoms with E-state index in [1.54, 1.807) is 6.07 Å². The number of aromatic nitrogens is 3. The number of nitrogens with one attached hydrogen (secondary N) is 1. The number of nitrogens with zero attached hydrogens (tertiary/aromatic N) is 3. The van der Waals surface area contributed by atoms with E-state index in [1.807, 2.05) is 17.8 Å². The molecule has 0 atom stereocenters. The minimum absolute atomic E-state index is 0.456. The Bertz CT molecular complexity index is 576. The van der Waals surface area contributed by atoms with Crippen LogP contribution in [-0.2, 0) is 6.54 Å². The lowest BCUT2D eigenvalue weighted by Gasteiger charge is -2.12. The predicted octanol–water partition coefficient (Wildman–Crippen LogP) is 3.22. The lowest BCUT2D eigenvalue weighted by molar-refractivity contribution is 0.488. The van der Waals surface area contributed by atoms with Crippen LogP contribution in [0.5, 0.6) is 0 Å². The minimum atomic E-state index is 0.456. The second-order valence-electron chi connectivity index (χ2n) is 4.97. The Labute approximate surface area is 117 Å². The van der Waals surface area contributed by atoms with Crippen LogP contribution in [0, 0.1) is 12.8 Å². The molecule has 0 aliphatic carbocycles. The van der Waals surface area contributed by atoms with Crippen molar-refractivity contribution in [1.82, 2.24) is 14.8 Å². The van der Waals surface area contributed by atoms with E-state index < -0.39 is 0 Å². The molecule has 0 aromatic carbocycles. The number of nitrogen functional groups attached to an aromatic ring is 1. The van der Waals surface area contributed by atoms with Gasteiger partial charge >= 0.3 is 0 Å². The van der Waals surface area contributed by atoms with Gasteiger partial charge in [0.2, 0.25) is 0 Å². The second-order valence-corrected chi connectivity index (χ2v) is 5.38. The van der Waals surface area contributed by atoms with Crippen molar-refractivity contribution in [2.45, 2.75) is 27.3 Å². The first-order chi connectivity index (χ1) is 8.97. The zero-order valence-corrected chi connectivity index (χ0v) is 12.1. The second kappa shape index (κ2) is 5.48. The molecule has 6 heteroatoms. The third-order valence-corrected chi connectivity index (χ3v) is 3.01. The minimum Gasteiger partial charge on any atom is -0.397 e. The summed E-state index contributed by atoms with van der Waals surface area (Å²) in [4.78, 5) is 4.21. The van der Waals surface area contributed by atoms with Gasteiger partial charge in [-0.15, -0.1) is 0 Å². The number of anilines is 3. The summed E-state index contributed by atoms with van der Waals surface area (Å²) in [6.07, 6.45) is 3.38. The fraction of sp³-hybridized carbons (Fsp3) is 0.385. The third-order valence-electron chi connectivity index (χ3n) is 2.69. The molecule has 0 aliphatic heterocycles. The standard InChI is InChI=1S/C13H18ClN5/c1-8(2)7-19-13(9(3)5-17-19)18-12-4-11(15)10(14)6-16-12/h4-6,8H,7H2,1-3H3,(H3,15,16,18). The van der Waals surface area contributed by atoms with Crippen molar-refractivity contribution >= 4 is 28.9 Å². The van der Waals surface area contributed by atoms with Gasteiger partial charge in [-0.25, -0.2) is 9.67 Å². The van der Waals surface area contributed by atoms with Crippen LogP contribution in [-0.4, -0.2) is 14.8 Å². The Hall–Kier alpha value is -1.75. The van der Waals surface area contributed by atoms with Gasteiger partial charge in [0.1, 0.15) is 11.6 Å². The number of hydrogen-bond acceptors (Lipinski definition) is 4. The first-order valence-electron chi connectivity index (χ1n) is 6.18. The topological polar surface area (TPSA) is 68.8 Å². The number of halogens is 1. The maximum atomic E-state index is 5.86. The Kier molecular flexibility index (Phi) is 3.95. The molecule has 19 heavy (non-hydrogen) atoms. The molecule has 2 aromatic heterocycles. The first kappa shape index (κ1) is 13.7. The van der Waals surface area contributed by atoms with Crippen LogP contribution >= 0.6 is 11.6 Å². The molecule has 3 N–H and O–H groups in total. The van der Waals surface area contributed by atoms with Crippen LogP contribution in [0.4, 0.5) is 17.3 Å². The monoisotopic (exact) mass is 279 g/mol. The molecule has 102 valence electrons. The van der Waals surface area contributed by atoms with E-state index in [0.717, 1.165) is 17.9 Å². The summed E-state index contributed by atoms with van der Waals surface area (Å²) in [5.41, 5.74) is 7.34. The smallest absolute Gasteiger partial charge is 0.133 e. The molecule has 0 fully saturated rings. The first-order valence-corrected chi connectivity index (χ1v) is 6.55. The Morgan fingerprint density at radius 2 is 2.16 bits per heavy atom. The van der Waals surface area contributed by atoms with Crippen molar-refractivity contribution in [3.05, 3.63) is 29.0 Å². The third kappa shape index (κ3) is 3.17. The van der Waals surface area contributed by atoms with Gasteiger partial charge in [0.15, 0.2) is 0 Å². The molecule has 5 nitrogen and oxygen atoms in total. The van der Waals surface area contributed by atoms with Crippen LogP contribution in [0.1, 0.15) is 19.4 Å². The van der Waals surface area contributed by atoms with E-state index in [4.69, 9.17) is 17.3 Å². The van der Waals surface area contributed by atoms with Crippen molar-refractivity contribution in [2.24, 2.45) is 5.92 Å². The van der Waals surface area contributed by atoms with Gasteiger partial charge in [-0.2, -0.15) is 5.10 Å². The van der Waals surface area contributed by atoms with E-state index in [2.05, 4.69) is 29.2 Å². The highest BCUT2D eigenvalue weighted by Gasteiger charge is 2.10. The molecule has 0 saturated carbocycles. The number of aryl methyl sites for hydroxylation is 1. The predicted molar refractivity (Wildman–Crippen MR) is 78.7 cm³/mol. The van der Waals surface area contributed by atoms with E-state index in [1.165, 1.54) is 6.20 Å². The molecule has 0 spiro atoms. The molecule has 2 aromatic rings. The lowest BCUT2D eigenvalue weighted by atomic mass is 10.2. The van der Waals surface area contributed by atoms with Crippen molar-refractivity contribution in [2.75, 3.05) is 11.1 Å². The van der Waals surface area contributed by atoms with Crippen molar-refractivity contribution in [1.29, 1.82) is 0 Å². The number of rotatable bonds is 4. The van der Waals surface area contributed by atoms with Gasteiger partial charge in [0.25, 0.3) is 0 Å². The van der Waals surface area contributed by atoms with Crippen molar-refractivity contribution < 1.29 is 0 Å². The molecule has 0 unspecified atom stereocenters. The normalized spacial score (nSPS) is 11.0. The van der Waals surface area contributed by atoms with Gasteiger partial charge in [-0.05, 0) is 12.8 Å². The van der Waals surface area contributed by atoms with E-state index >= 15 is 0 Å². The van der Waals surface area contributed by atoms with Gasteiger partial charge in [0, 0.05) is 24.4 Å². The van der Waals surface area contributed by atoms with E-state index in [-0.39, 0.29) is 0 Å².